The Balaban J connectivity index is 0.000000163. The molecule has 36 heteroatoms. The second-order valence-electron chi connectivity index (χ2n) is 26.4. The molecule has 0 spiro atoms. The third-order valence-electron chi connectivity index (χ3n) is 17.7. The monoisotopic (exact) mass is 1810 g/mol. The van der Waals surface area contributed by atoms with E-state index in [4.69, 9.17) is 92.7 Å². The summed E-state index contributed by atoms with van der Waals surface area (Å²) in [5.74, 6) is 2.70. The number of aromatic amines is 1. The van der Waals surface area contributed by atoms with Crippen LogP contribution in [0.2, 0.25) is 36.2 Å². The number of aromatic nitrogens is 16. The first-order chi connectivity index (χ1) is 59.6. The molecule has 2 amide bonds. The predicted octanol–water partition coefficient (Wildman–Crippen LogP) is 16.9. The molecular formula is C87H89Cl7N24O4S. The lowest BCUT2D eigenvalue weighted by atomic mass is 10.1. The van der Waals surface area contributed by atoms with Crippen molar-refractivity contribution in [1.29, 1.82) is 0 Å². The summed E-state index contributed by atoms with van der Waals surface area (Å²) < 4.78 is 27.4. The van der Waals surface area contributed by atoms with Gasteiger partial charge in [-0.1, -0.05) is 209 Å². The van der Waals surface area contributed by atoms with Crippen molar-refractivity contribution in [2.24, 2.45) is 11.5 Å². The number of halogens is 7. The number of nitrogens with two attached hydrogens (primary N) is 2. The number of nitrogens with zero attached hydrogens (tertiary/aromatic N) is 18. The van der Waals surface area contributed by atoms with Crippen molar-refractivity contribution >= 4 is 143 Å². The summed E-state index contributed by atoms with van der Waals surface area (Å²) in [6.45, 7) is 14.9. The zero-order valence-electron chi connectivity index (χ0n) is 67.2. The van der Waals surface area contributed by atoms with Crippen LogP contribution in [0.3, 0.4) is 0 Å². The molecule has 2 aliphatic rings. The number of hydrogen-bond acceptors (Lipinski definition) is 24. The highest BCUT2D eigenvalue weighted by atomic mass is 35.5. The molecule has 5 aromatic carbocycles. The van der Waals surface area contributed by atoms with Gasteiger partial charge in [0.1, 0.15) is 85.7 Å². The summed E-state index contributed by atoms with van der Waals surface area (Å²) in [7, 11) is -3.80. The maximum absolute atomic E-state index is 13.1. The Kier molecular flexibility index (Phi) is 39.5. The topological polar surface area (TPSA) is 367 Å². The van der Waals surface area contributed by atoms with Gasteiger partial charge in [0.05, 0.1) is 16.3 Å². The number of hydrogen-bond donors (Lipinski definition) is 6. The van der Waals surface area contributed by atoms with E-state index >= 15 is 0 Å². The number of amides is 2. The van der Waals surface area contributed by atoms with Crippen molar-refractivity contribution in [1.82, 2.24) is 93.8 Å². The molecule has 28 nitrogen and oxygen atoms in total. The Morgan fingerprint density at radius 2 is 0.927 bits per heavy atom. The third-order valence-corrected chi connectivity index (χ3v) is 20.8. The van der Waals surface area contributed by atoms with E-state index in [1.165, 1.54) is 69.9 Å². The highest BCUT2D eigenvalue weighted by molar-refractivity contribution is 7.90. The van der Waals surface area contributed by atoms with Crippen LogP contribution in [0.15, 0.2) is 274 Å². The highest BCUT2D eigenvalue weighted by Gasteiger charge is 2.24. The van der Waals surface area contributed by atoms with E-state index in [-0.39, 0.29) is 27.1 Å². The lowest BCUT2D eigenvalue weighted by molar-refractivity contribution is -0.129. The number of rotatable bonds is 13. The normalized spacial score (nSPS) is 12.1. The number of benzene rings is 5. The third kappa shape index (κ3) is 32.5. The van der Waals surface area contributed by atoms with Gasteiger partial charge in [0, 0.05) is 169 Å². The van der Waals surface area contributed by atoms with Crippen molar-refractivity contribution in [2.75, 3.05) is 67.9 Å². The van der Waals surface area contributed by atoms with Crippen LogP contribution in [-0.2, 0) is 45.8 Å². The molecule has 0 unspecified atom stereocenters. The SMILES string of the molecule is CC(=O)N1CCCN(c2cc(-c3c[nH]c4ncccc34)ncn2)CC1.CC(=O)N1CCCNCC1.Cc1ccc(S(=O)(=O)n2cc(-c3cc(Cl)ncn3)c3cccnc32)cc1.Clc1cc(Cl)ncn1.Clc1cc(Cl)ncn1.Clc1cc(NCc2ccccc2)ncn1.Clc1nccc(NCc2ccccc2)n1.NCc1ccccc1.NCc1ccccc1. The van der Waals surface area contributed by atoms with Gasteiger partial charge in [-0.25, -0.2) is 82.2 Å². The van der Waals surface area contributed by atoms with Gasteiger partial charge in [0.2, 0.25) is 17.1 Å². The molecule has 15 aromatic rings. The van der Waals surface area contributed by atoms with Gasteiger partial charge < -0.3 is 47.1 Å². The molecule has 10 aromatic heterocycles. The second kappa shape index (κ2) is 51.2. The number of carbonyl (C=O) groups excluding carboxylic acids is 2. The van der Waals surface area contributed by atoms with Gasteiger partial charge in [0.25, 0.3) is 10.0 Å². The molecule has 636 valence electrons. The first kappa shape index (κ1) is 95.0. The van der Waals surface area contributed by atoms with Crippen molar-refractivity contribution in [2.45, 2.75) is 64.7 Å². The van der Waals surface area contributed by atoms with Crippen LogP contribution in [-0.4, -0.2) is 161 Å². The van der Waals surface area contributed by atoms with Crippen molar-refractivity contribution in [3.8, 4) is 22.5 Å². The molecule has 8 N–H and O–H groups in total. The number of nitrogens with one attached hydrogen (secondary N) is 4. The Morgan fingerprint density at radius 1 is 0.439 bits per heavy atom. The Bertz CT molecular complexity index is 5620. The Morgan fingerprint density at radius 3 is 1.45 bits per heavy atom. The van der Waals surface area contributed by atoms with E-state index in [0.717, 1.165) is 124 Å². The molecule has 2 aliphatic heterocycles. The van der Waals surface area contributed by atoms with E-state index in [1.807, 2.05) is 138 Å². The van der Waals surface area contributed by atoms with Crippen LogP contribution in [0, 0.1) is 6.92 Å². The van der Waals surface area contributed by atoms with Crippen molar-refractivity contribution in [3.05, 3.63) is 333 Å². The molecule has 2 saturated heterocycles. The Labute approximate surface area is 748 Å². The van der Waals surface area contributed by atoms with E-state index in [0.29, 0.717) is 61.1 Å². The quantitative estimate of drug-likeness (QED) is 0.0461. The summed E-state index contributed by atoms with van der Waals surface area (Å²) in [6.07, 6.45) is 17.4. The standard InChI is InChI=1S/C18H13ClN4O2S.C18H20N6O.2C11H10ClN3.C7H14N2O.2C7H9N.2C4H2Cl2N2/c1-12-4-6-13(7-5-12)26(24,25)23-10-15(14-3-2-8-20-18(14)23)16-9-17(19)22-11-21-16;1-13(25)23-6-3-7-24(9-8-23)17-10-16(21-12-22-17)15-11-20-18-14(15)4-2-5-19-18;12-10-6-11(15-8-14-10)13-7-9-4-2-1-3-5-9;12-11-13-7-6-10(15-11)14-8-9-4-2-1-3-5-9;1-7(10)9-5-2-3-8-4-6-9;2*8-6-7-4-2-1-3-5-7;2*5-3-1-4(6)8-2-7-3/h2-11H,1H3;2,4-5,10-12H,3,6-9H2,1H3,(H,19,20);1-6,8H,7H2,(H,13,14,15);1-7H,8H2,(H,13,14,15);8H,2-6H2,1H3;2*1-5H,6,8H2;2*1-2H. The van der Waals surface area contributed by atoms with Gasteiger partial charge >= 0.3 is 0 Å². The minimum absolute atomic E-state index is 0.136. The summed E-state index contributed by atoms with van der Waals surface area (Å²) in [5, 5.41) is 13.7. The fourth-order valence-corrected chi connectivity index (χ4v) is 13.9. The van der Waals surface area contributed by atoms with Crippen molar-refractivity contribution in [3.63, 3.8) is 0 Å². The van der Waals surface area contributed by atoms with Gasteiger partial charge in [-0.05, 0) is 103 Å². The first-order valence-electron chi connectivity index (χ1n) is 38.4. The van der Waals surface area contributed by atoms with Gasteiger partial charge in [-0.3, -0.25) is 9.59 Å². The minimum Gasteiger partial charge on any atom is -0.366 e. The smallest absolute Gasteiger partial charge is 0.269 e. The predicted molar refractivity (Wildman–Crippen MR) is 490 cm³/mol. The zero-order valence-corrected chi connectivity index (χ0v) is 73.3. The molecule has 12 heterocycles. The molecular weight excluding hydrogens is 1730 g/mol. The maximum atomic E-state index is 13.1. The molecule has 0 aliphatic carbocycles. The number of fused-ring (bicyclic) bond motifs is 2. The van der Waals surface area contributed by atoms with Gasteiger partial charge in [-0.15, -0.1) is 0 Å². The zero-order chi connectivity index (χ0) is 87.6. The van der Waals surface area contributed by atoms with E-state index in [9.17, 15) is 18.0 Å². The Hall–Kier alpha value is -11.8. The van der Waals surface area contributed by atoms with Crippen LogP contribution >= 0.6 is 81.2 Å². The van der Waals surface area contributed by atoms with Crippen LogP contribution < -0.4 is 32.3 Å². The van der Waals surface area contributed by atoms with Crippen LogP contribution in [0.1, 0.15) is 54.5 Å². The van der Waals surface area contributed by atoms with Gasteiger partial charge in [0.15, 0.2) is 5.65 Å². The van der Waals surface area contributed by atoms with Crippen LogP contribution in [0.4, 0.5) is 17.5 Å². The lowest BCUT2D eigenvalue weighted by Gasteiger charge is -2.22. The fourth-order valence-electron chi connectivity index (χ4n) is 11.5. The first-order valence-corrected chi connectivity index (χ1v) is 42.4. The summed E-state index contributed by atoms with van der Waals surface area (Å²) in [5.41, 5.74) is 20.7. The van der Waals surface area contributed by atoms with Crippen molar-refractivity contribution < 1.29 is 18.0 Å². The number of pyridine rings is 2. The van der Waals surface area contributed by atoms with E-state index in [2.05, 4.69) is 120 Å². The highest BCUT2D eigenvalue weighted by Crippen LogP contribution is 2.33. The average molecular weight is 1820 g/mol. The molecule has 17 rings (SSSR count). The minimum atomic E-state index is -3.80. The van der Waals surface area contributed by atoms with Crippen LogP contribution in [0.25, 0.3) is 44.6 Å². The number of carbonyl (C=O) groups is 2. The average Bonchev–Trinajstić information content (AvgIpc) is 1.60. The molecule has 0 radical (unpaired) electrons. The number of anilines is 3. The molecule has 0 saturated carbocycles. The van der Waals surface area contributed by atoms with Crippen LogP contribution in [0.5, 0.6) is 0 Å². The maximum Gasteiger partial charge on any atom is 0.269 e. The summed E-state index contributed by atoms with van der Waals surface area (Å²) in [6, 6.07) is 64.4. The summed E-state index contributed by atoms with van der Waals surface area (Å²) in [4.78, 5) is 87.5. The largest absolute Gasteiger partial charge is 0.366 e. The lowest BCUT2D eigenvalue weighted by Crippen LogP contribution is -2.33. The van der Waals surface area contributed by atoms with Gasteiger partial charge in [-0.2, -0.15) is 0 Å². The number of H-pyrrole nitrogens is 1. The summed E-state index contributed by atoms with van der Waals surface area (Å²) >= 11 is 39.0. The van der Waals surface area contributed by atoms with E-state index in [1.54, 1.807) is 93.4 Å². The second-order valence-corrected chi connectivity index (χ2v) is 30.9. The molecule has 0 atom stereocenters. The van der Waals surface area contributed by atoms with E-state index < -0.39 is 10.0 Å². The number of aryl methyl sites for hydroxylation is 1. The fraction of sp³-hybridized carbons (Fsp3) is 0.195. The molecule has 0 bridgehead atoms. The molecule has 2 fully saturated rings. The molecule has 123 heavy (non-hydrogen) atoms.